The minimum Gasteiger partial charge on any atom is -0.396 e. The molecule has 3 N–H and O–H groups in total. The van der Waals surface area contributed by atoms with Crippen LogP contribution in [0.2, 0.25) is 0 Å². The Morgan fingerprint density at radius 2 is 1.95 bits per heavy atom. The van der Waals surface area contributed by atoms with Gasteiger partial charge in [-0.2, -0.15) is 5.26 Å². The van der Waals surface area contributed by atoms with Crippen molar-refractivity contribution in [1.29, 1.82) is 5.26 Å². The number of hydrogen-bond donors (Lipinski definition) is 3. The number of anilines is 2. The highest BCUT2D eigenvalue weighted by Gasteiger charge is 2.48. The van der Waals surface area contributed by atoms with Crippen LogP contribution in [0, 0.1) is 11.3 Å². The molecule has 0 spiro atoms. The number of rotatable bonds is 10. The number of benzene rings is 1. The van der Waals surface area contributed by atoms with E-state index in [1.54, 1.807) is 30.3 Å². The van der Waals surface area contributed by atoms with Gasteiger partial charge in [0.05, 0.1) is 43.2 Å². The van der Waals surface area contributed by atoms with E-state index in [-0.39, 0.29) is 63.8 Å². The Morgan fingerprint density at radius 3 is 2.62 bits per heavy atom. The van der Waals surface area contributed by atoms with Gasteiger partial charge in [0.1, 0.15) is 10.6 Å². The quantitative estimate of drug-likeness (QED) is 0.359. The summed E-state index contributed by atoms with van der Waals surface area (Å²) in [5.74, 6) is 0.848. The van der Waals surface area contributed by atoms with E-state index in [4.69, 9.17) is 24.7 Å². The molecule has 1 atom stereocenters. The molecule has 1 aromatic heterocycles. The number of carbonyl (C=O) groups is 1. The summed E-state index contributed by atoms with van der Waals surface area (Å²) >= 11 is 0. The number of morpholine rings is 1. The van der Waals surface area contributed by atoms with Crippen LogP contribution in [0.15, 0.2) is 30.3 Å². The number of hydrogen-bond acceptors (Lipinski definition) is 10. The van der Waals surface area contributed by atoms with Crippen molar-refractivity contribution in [2.75, 3.05) is 62.1 Å². The van der Waals surface area contributed by atoms with Crippen LogP contribution in [0.3, 0.4) is 0 Å². The highest BCUT2D eigenvalue weighted by Crippen LogP contribution is 2.42. The largest absolute Gasteiger partial charge is 0.396 e. The van der Waals surface area contributed by atoms with Crippen LogP contribution in [-0.2, 0) is 24.1 Å². The molecule has 40 heavy (non-hydrogen) atoms. The standard InChI is InChI=1S/C27H36N6O6S/c1-20-19-39-16-12-33(20)24-18-23(27(8-14-38-15-9-27)40(36,37)17-3-13-34)31-25(32-24)21-4-6-22(7-5-21)30-26(35)29-11-2-10-28/h4-7,18,20,34H,2-3,8-9,11-17,19H2,1H3,(H2,29,30,35)/t20-/m0/s1. The molecule has 4 rings (SSSR count). The SMILES string of the molecule is C[C@H]1COCCN1c1cc(C2(S(=O)(=O)CCCO)CCOCC2)nc(-c2ccc(NC(=O)NCCC#N)cc2)n1. The van der Waals surface area contributed by atoms with Crippen molar-refractivity contribution in [3.63, 3.8) is 0 Å². The van der Waals surface area contributed by atoms with Crippen LogP contribution in [0.5, 0.6) is 0 Å². The maximum atomic E-state index is 13.8. The van der Waals surface area contributed by atoms with E-state index in [0.29, 0.717) is 48.3 Å². The summed E-state index contributed by atoms with van der Waals surface area (Å²) in [6.45, 7) is 4.31. The van der Waals surface area contributed by atoms with Gasteiger partial charge in [0.2, 0.25) is 0 Å². The van der Waals surface area contributed by atoms with Gasteiger partial charge in [-0.15, -0.1) is 0 Å². The summed E-state index contributed by atoms with van der Waals surface area (Å²) in [6.07, 6.45) is 0.889. The number of nitrogens with zero attached hydrogens (tertiary/aromatic N) is 4. The third-order valence-electron chi connectivity index (χ3n) is 7.23. The van der Waals surface area contributed by atoms with E-state index in [9.17, 15) is 18.3 Å². The number of urea groups is 1. The number of carbonyl (C=O) groups excluding carboxylic acids is 1. The van der Waals surface area contributed by atoms with Gasteiger partial charge in [-0.3, -0.25) is 0 Å². The van der Waals surface area contributed by atoms with E-state index in [2.05, 4.69) is 15.5 Å². The van der Waals surface area contributed by atoms with Crippen molar-refractivity contribution in [3.8, 4) is 17.5 Å². The molecule has 2 aliphatic rings. The molecule has 216 valence electrons. The Kier molecular flexibility index (Phi) is 9.91. The third-order valence-corrected chi connectivity index (χ3v) is 9.87. The second-order valence-corrected chi connectivity index (χ2v) is 12.3. The number of ether oxygens (including phenoxy) is 2. The van der Waals surface area contributed by atoms with Gasteiger partial charge in [0, 0.05) is 50.2 Å². The van der Waals surface area contributed by atoms with Gasteiger partial charge in [-0.25, -0.2) is 23.2 Å². The maximum Gasteiger partial charge on any atom is 0.319 e. The molecular weight excluding hydrogens is 536 g/mol. The first-order chi connectivity index (χ1) is 19.3. The van der Waals surface area contributed by atoms with Crippen LogP contribution < -0.4 is 15.5 Å². The Hall–Kier alpha value is -3.31. The summed E-state index contributed by atoms with van der Waals surface area (Å²) in [4.78, 5) is 23.9. The zero-order chi connectivity index (χ0) is 28.6. The van der Waals surface area contributed by atoms with Crippen LogP contribution in [0.25, 0.3) is 11.4 Å². The number of aromatic nitrogens is 2. The summed E-state index contributed by atoms with van der Waals surface area (Å²) in [5.41, 5.74) is 1.63. The van der Waals surface area contributed by atoms with Crippen molar-refractivity contribution >= 4 is 27.4 Å². The Labute approximate surface area is 234 Å². The molecule has 2 amide bonds. The fourth-order valence-electron chi connectivity index (χ4n) is 5.00. The zero-order valence-corrected chi connectivity index (χ0v) is 23.5. The lowest BCUT2D eigenvalue weighted by Crippen LogP contribution is -2.46. The molecule has 2 fully saturated rings. The topological polar surface area (TPSA) is 167 Å². The van der Waals surface area contributed by atoms with Crippen LogP contribution >= 0.6 is 0 Å². The lowest BCUT2D eigenvalue weighted by Gasteiger charge is -2.38. The van der Waals surface area contributed by atoms with E-state index in [0.717, 1.165) is 0 Å². The lowest BCUT2D eigenvalue weighted by atomic mass is 9.94. The highest BCUT2D eigenvalue weighted by molar-refractivity contribution is 7.92. The summed E-state index contributed by atoms with van der Waals surface area (Å²) in [7, 11) is -3.70. The number of nitriles is 1. The molecule has 2 aliphatic heterocycles. The second kappa shape index (κ2) is 13.4. The molecule has 12 nitrogen and oxygen atoms in total. The average molecular weight is 573 g/mol. The fraction of sp³-hybridized carbons (Fsp3) is 0.556. The number of aliphatic hydroxyl groups excluding tert-OH is 1. The van der Waals surface area contributed by atoms with E-state index in [1.807, 2.05) is 13.0 Å². The molecule has 0 aliphatic carbocycles. The molecular formula is C27H36N6O6S. The monoisotopic (exact) mass is 572 g/mol. The Morgan fingerprint density at radius 1 is 1.20 bits per heavy atom. The first-order valence-corrected chi connectivity index (χ1v) is 15.1. The smallest absolute Gasteiger partial charge is 0.319 e. The van der Waals surface area contributed by atoms with E-state index < -0.39 is 20.6 Å². The first-order valence-electron chi connectivity index (χ1n) is 13.5. The average Bonchev–Trinajstić information content (AvgIpc) is 2.97. The van der Waals surface area contributed by atoms with Gasteiger partial charge in [0.15, 0.2) is 15.7 Å². The number of amides is 2. The van der Waals surface area contributed by atoms with Crippen LogP contribution in [-0.4, -0.2) is 87.4 Å². The Balaban J connectivity index is 1.74. The molecule has 2 saturated heterocycles. The molecule has 0 saturated carbocycles. The van der Waals surface area contributed by atoms with Crippen molar-refractivity contribution in [2.45, 2.75) is 43.4 Å². The second-order valence-electron chi connectivity index (χ2n) is 9.92. The van der Waals surface area contributed by atoms with Crippen LogP contribution in [0.1, 0.15) is 38.3 Å². The normalized spacial score (nSPS) is 19.0. The molecule has 1 aromatic carbocycles. The van der Waals surface area contributed by atoms with Crippen molar-refractivity contribution in [2.24, 2.45) is 0 Å². The van der Waals surface area contributed by atoms with Gasteiger partial charge < -0.3 is 30.1 Å². The molecule has 2 aromatic rings. The predicted molar refractivity (Wildman–Crippen MR) is 150 cm³/mol. The minimum atomic E-state index is -3.70. The van der Waals surface area contributed by atoms with E-state index >= 15 is 0 Å². The summed E-state index contributed by atoms with van der Waals surface area (Å²) < 4.78 is 37.5. The minimum absolute atomic E-state index is 0.0344. The third kappa shape index (κ3) is 6.69. The van der Waals surface area contributed by atoms with Gasteiger partial charge in [-0.1, -0.05) is 0 Å². The van der Waals surface area contributed by atoms with Crippen molar-refractivity contribution < 1.29 is 27.8 Å². The number of nitrogens with one attached hydrogen (secondary N) is 2. The lowest BCUT2D eigenvalue weighted by molar-refractivity contribution is 0.0729. The fourth-order valence-corrected chi connectivity index (χ4v) is 7.11. The molecule has 0 bridgehead atoms. The zero-order valence-electron chi connectivity index (χ0n) is 22.6. The van der Waals surface area contributed by atoms with E-state index in [1.165, 1.54) is 0 Å². The van der Waals surface area contributed by atoms with Crippen LogP contribution in [0.4, 0.5) is 16.3 Å². The summed E-state index contributed by atoms with van der Waals surface area (Å²) in [6, 6.07) is 10.4. The van der Waals surface area contributed by atoms with Crippen molar-refractivity contribution in [3.05, 3.63) is 36.0 Å². The molecule has 0 radical (unpaired) electrons. The predicted octanol–water partition coefficient (Wildman–Crippen LogP) is 2.21. The first kappa shape index (κ1) is 29.7. The Bertz CT molecular complexity index is 1310. The maximum absolute atomic E-state index is 13.8. The molecule has 0 unspecified atom stereocenters. The highest BCUT2D eigenvalue weighted by atomic mass is 32.2. The summed E-state index contributed by atoms with van der Waals surface area (Å²) in [5, 5.41) is 23.3. The van der Waals surface area contributed by atoms with Gasteiger partial charge >= 0.3 is 6.03 Å². The van der Waals surface area contributed by atoms with Gasteiger partial charge in [-0.05, 0) is 50.5 Å². The molecule has 13 heteroatoms. The number of aliphatic hydroxyl groups is 1. The number of sulfone groups is 1. The van der Waals surface area contributed by atoms with Crippen molar-refractivity contribution in [1.82, 2.24) is 15.3 Å². The molecule has 3 heterocycles. The van der Waals surface area contributed by atoms with Gasteiger partial charge in [0.25, 0.3) is 0 Å².